The number of likely N-dealkylation sites (N-methyl/N-ethyl adjacent to an activating group) is 1. The van der Waals surface area contributed by atoms with Crippen molar-refractivity contribution in [3.05, 3.63) is 29.8 Å². The second-order valence-corrected chi connectivity index (χ2v) is 5.82. The van der Waals surface area contributed by atoms with Gasteiger partial charge < -0.3 is 10.6 Å². The number of nitrogens with one attached hydrogen (secondary N) is 2. The van der Waals surface area contributed by atoms with E-state index in [1.54, 1.807) is 0 Å². The van der Waals surface area contributed by atoms with Gasteiger partial charge in [0.25, 0.3) is 0 Å². The molecule has 2 heterocycles. The molecule has 2 atom stereocenters. The largest absolute Gasteiger partial charge is 0.324 e. The standard InChI is InChI=1S/C16H23N3O/c1-17-13-6-4-10-19(11-13)15-9-8-12-5-2-3-7-14(12)18-16(15)20/h2-3,5,7,13,15,17H,4,6,8-11H2,1H3,(H,18,20). The van der Waals surface area contributed by atoms with Gasteiger partial charge in [0.1, 0.15) is 0 Å². The number of benzene rings is 1. The van der Waals surface area contributed by atoms with E-state index in [9.17, 15) is 4.79 Å². The number of rotatable bonds is 2. The molecule has 0 aliphatic carbocycles. The minimum atomic E-state index is 0.0125. The Balaban J connectivity index is 1.74. The Morgan fingerprint density at radius 2 is 2.15 bits per heavy atom. The Hall–Kier alpha value is -1.39. The molecule has 2 aliphatic rings. The third kappa shape index (κ3) is 2.72. The fourth-order valence-corrected chi connectivity index (χ4v) is 3.37. The molecular weight excluding hydrogens is 250 g/mol. The van der Waals surface area contributed by atoms with Crippen LogP contribution < -0.4 is 10.6 Å². The normalized spacial score (nSPS) is 27.6. The molecule has 0 spiro atoms. The van der Waals surface area contributed by atoms with Gasteiger partial charge in [-0.05, 0) is 50.9 Å². The maximum atomic E-state index is 12.5. The smallest absolute Gasteiger partial charge is 0.241 e. The molecule has 0 saturated carbocycles. The molecule has 0 aromatic heterocycles. The molecule has 4 nitrogen and oxygen atoms in total. The molecule has 2 aliphatic heterocycles. The zero-order valence-electron chi connectivity index (χ0n) is 12.1. The van der Waals surface area contributed by atoms with E-state index in [4.69, 9.17) is 0 Å². The van der Waals surface area contributed by atoms with Crippen LogP contribution >= 0.6 is 0 Å². The van der Waals surface area contributed by atoms with Crippen LogP contribution in [0.15, 0.2) is 24.3 Å². The molecule has 20 heavy (non-hydrogen) atoms. The summed E-state index contributed by atoms with van der Waals surface area (Å²) in [5.74, 6) is 0.159. The lowest BCUT2D eigenvalue weighted by Gasteiger charge is -2.36. The van der Waals surface area contributed by atoms with Gasteiger partial charge in [-0.25, -0.2) is 0 Å². The van der Waals surface area contributed by atoms with E-state index in [2.05, 4.69) is 21.6 Å². The summed E-state index contributed by atoms with van der Waals surface area (Å²) in [5, 5.41) is 6.45. The third-order valence-corrected chi connectivity index (χ3v) is 4.57. The second-order valence-electron chi connectivity index (χ2n) is 5.82. The summed E-state index contributed by atoms with van der Waals surface area (Å²) in [5.41, 5.74) is 2.24. The highest BCUT2D eigenvalue weighted by atomic mass is 16.2. The summed E-state index contributed by atoms with van der Waals surface area (Å²) in [7, 11) is 2.01. The molecule has 1 fully saturated rings. The average molecular weight is 273 g/mol. The van der Waals surface area contributed by atoms with Crippen molar-refractivity contribution in [2.24, 2.45) is 0 Å². The summed E-state index contributed by atoms with van der Waals surface area (Å²) in [6.07, 6.45) is 4.27. The number of hydrogen-bond acceptors (Lipinski definition) is 3. The Bertz CT molecular complexity index is 488. The molecule has 1 amide bonds. The first-order chi connectivity index (χ1) is 9.78. The van der Waals surface area contributed by atoms with Gasteiger partial charge in [-0.2, -0.15) is 0 Å². The number of hydrogen-bond donors (Lipinski definition) is 2. The fourth-order valence-electron chi connectivity index (χ4n) is 3.37. The van der Waals surface area contributed by atoms with Crippen LogP contribution in [0.25, 0.3) is 0 Å². The zero-order chi connectivity index (χ0) is 13.9. The van der Waals surface area contributed by atoms with Crippen LogP contribution in [0.2, 0.25) is 0 Å². The van der Waals surface area contributed by atoms with E-state index in [1.165, 1.54) is 18.4 Å². The number of carbonyl (C=O) groups is 1. The van der Waals surface area contributed by atoms with Crippen LogP contribution in [0.1, 0.15) is 24.8 Å². The minimum Gasteiger partial charge on any atom is -0.324 e. The monoisotopic (exact) mass is 273 g/mol. The summed E-state index contributed by atoms with van der Waals surface area (Å²) < 4.78 is 0. The molecule has 2 N–H and O–H groups in total. The number of anilines is 1. The highest BCUT2D eigenvalue weighted by molar-refractivity contribution is 5.96. The van der Waals surface area contributed by atoms with E-state index in [1.807, 2.05) is 25.2 Å². The Morgan fingerprint density at radius 3 is 3.00 bits per heavy atom. The molecule has 1 aromatic rings. The summed E-state index contributed by atoms with van der Waals surface area (Å²) in [6, 6.07) is 8.67. The van der Waals surface area contributed by atoms with Crippen LogP contribution in [-0.2, 0) is 11.2 Å². The lowest BCUT2D eigenvalue weighted by atomic mass is 10.00. The lowest BCUT2D eigenvalue weighted by Crippen LogP contribution is -2.52. The van der Waals surface area contributed by atoms with Crippen molar-refractivity contribution in [2.75, 3.05) is 25.5 Å². The van der Waals surface area contributed by atoms with Gasteiger partial charge in [-0.3, -0.25) is 9.69 Å². The average Bonchev–Trinajstić information content (AvgIpc) is 2.65. The first-order valence-corrected chi connectivity index (χ1v) is 7.58. The highest BCUT2D eigenvalue weighted by Crippen LogP contribution is 2.25. The van der Waals surface area contributed by atoms with Crippen molar-refractivity contribution < 1.29 is 4.79 Å². The van der Waals surface area contributed by atoms with Crippen LogP contribution in [-0.4, -0.2) is 43.0 Å². The Labute approximate surface area is 120 Å². The van der Waals surface area contributed by atoms with Gasteiger partial charge in [0.05, 0.1) is 6.04 Å². The maximum absolute atomic E-state index is 12.5. The van der Waals surface area contributed by atoms with Gasteiger partial charge in [-0.1, -0.05) is 18.2 Å². The number of amides is 1. The number of nitrogens with zero attached hydrogens (tertiary/aromatic N) is 1. The number of likely N-dealkylation sites (tertiary alicyclic amines) is 1. The quantitative estimate of drug-likeness (QED) is 0.860. The lowest BCUT2D eigenvalue weighted by molar-refractivity contribution is -0.122. The van der Waals surface area contributed by atoms with Crippen molar-refractivity contribution in [1.82, 2.24) is 10.2 Å². The summed E-state index contributed by atoms with van der Waals surface area (Å²) in [6.45, 7) is 2.01. The summed E-state index contributed by atoms with van der Waals surface area (Å²) >= 11 is 0. The molecule has 3 rings (SSSR count). The van der Waals surface area contributed by atoms with Crippen molar-refractivity contribution in [3.63, 3.8) is 0 Å². The van der Waals surface area contributed by atoms with E-state index in [0.717, 1.165) is 31.6 Å². The van der Waals surface area contributed by atoms with Gasteiger partial charge in [0.15, 0.2) is 0 Å². The zero-order valence-corrected chi connectivity index (χ0v) is 12.1. The maximum Gasteiger partial charge on any atom is 0.241 e. The molecular formula is C16H23N3O. The Morgan fingerprint density at radius 1 is 1.30 bits per heavy atom. The van der Waals surface area contributed by atoms with Crippen molar-refractivity contribution in [2.45, 2.75) is 37.8 Å². The molecule has 0 bridgehead atoms. The molecule has 2 unspecified atom stereocenters. The van der Waals surface area contributed by atoms with Crippen LogP contribution in [0.5, 0.6) is 0 Å². The molecule has 4 heteroatoms. The second kappa shape index (κ2) is 5.94. The number of piperidine rings is 1. The predicted octanol–water partition coefficient (Wildman–Crippen LogP) is 1.62. The number of aryl methyl sites for hydroxylation is 1. The SMILES string of the molecule is CNC1CCCN(C2CCc3ccccc3NC2=O)C1. The van der Waals surface area contributed by atoms with Crippen LogP contribution in [0.4, 0.5) is 5.69 Å². The number of para-hydroxylation sites is 1. The molecule has 108 valence electrons. The molecule has 1 saturated heterocycles. The molecule has 1 aromatic carbocycles. The fraction of sp³-hybridized carbons (Fsp3) is 0.562. The van der Waals surface area contributed by atoms with Gasteiger partial charge in [0.2, 0.25) is 5.91 Å². The summed E-state index contributed by atoms with van der Waals surface area (Å²) in [4.78, 5) is 14.9. The van der Waals surface area contributed by atoms with E-state index >= 15 is 0 Å². The van der Waals surface area contributed by atoms with Gasteiger partial charge in [-0.15, -0.1) is 0 Å². The minimum absolute atomic E-state index is 0.0125. The van der Waals surface area contributed by atoms with Crippen LogP contribution in [0.3, 0.4) is 0 Å². The van der Waals surface area contributed by atoms with Crippen LogP contribution in [0, 0.1) is 0 Å². The van der Waals surface area contributed by atoms with Crippen molar-refractivity contribution in [1.29, 1.82) is 0 Å². The predicted molar refractivity (Wildman–Crippen MR) is 80.8 cm³/mol. The highest BCUT2D eigenvalue weighted by Gasteiger charge is 2.31. The molecule has 0 radical (unpaired) electrons. The van der Waals surface area contributed by atoms with E-state index in [-0.39, 0.29) is 11.9 Å². The van der Waals surface area contributed by atoms with Crippen molar-refractivity contribution in [3.8, 4) is 0 Å². The number of fused-ring (bicyclic) bond motifs is 1. The Kier molecular flexibility index (Phi) is 4.03. The number of carbonyl (C=O) groups excluding carboxylic acids is 1. The third-order valence-electron chi connectivity index (χ3n) is 4.57. The van der Waals surface area contributed by atoms with Gasteiger partial charge in [0, 0.05) is 18.3 Å². The topological polar surface area (TPSA) is 44.4 Å². The van der Waals surface area contributed by atoms with Crippen molar-refractivity contribution >= 4 is 11.6 Å². The van der Waals surface area contributed by atoms with E-state index < -0.39 is 0 Å². The van der Waals surface area contributed by atoms with Gasteiger partial charge >= 0.3 is 0 Å². The first kappa shape index (κ1) is 13.6. The van der Waals surface area contributed by atoms with E-state index in [0.29, 0.717) is 6.04 Å². The first-order valence-electron chi connectivity index (χ1n) is 7.58.